The highest BCUT2D eigenvalue weighted by Gasteiger charge is 2.70. The Morgan fingerprint density at radius 1 is 0.754 bits per heavy atom. The first-order valence-corrected chi connectivity index (χ1v) is 22.3. The van der Waals surface area contributed by atoms with Gasteiger partial charge in [-0.3, -0.25) is 29.5 Å². The average Bonchev–Trinajstić information content (AvgIpc) is 3.70. The second-order valence-corrected chi connectivity index (χ2v) is 18.0. The van der Waals surface area contributed by atoms with Crippen LogP contribution >= 0.6 is 39.1 Å². The number of amides is 4. The molecule has 4 amide bonds. The molecule has 0 bridgehead atoms. The molecular weight excluding hydrogens is 937 g/mol. The van der Waals surface area contributed by atoms with Gasteiger partial charge in [-0.05, 0) is 124 Å². The van der Waals surface area contributed by atoms with E-state index in [1.165, 1.54) is 25.2 Å². The Hall–Kier alpha value is -6.28. The monoisotopic (exact) mass is 977 g/mol. The van der Waals surface area contributed by atoms with E-state index in [2.05, 4.69) is 21.4 Å². The van der Waals surface area contributed by atoms with Crippen LogP contribution in [0.15, 0.2) is 113 Å². The molecule has 5 aromatic rings. The minimum atomic E-state index is -1.62. The number of methoxy groups -OCH3 is 4. The van der Waals surface area contributed by atoms with Crippen molar-refractivity contribution in [3.63, 3.8) is 0 Å². The van der Waals surface area contributed by atoms with Gasteiger partial charge in [0.2, 0.25) is 11.8 Å². The van der Waals surface area contributed by atoms with E-state index in [9.17, 15) is 14.7 Å². The van der Waals surface area contributed by atoms with E-state index < -0.39 is 46.8 Å². The number of aromatic hydroxyl groups is 1. The fourth-order valence-electron chi connectivity index (χ4n) is 10.3. The van der Waals surface area contributed by atoms with Gasteiger partial charge in [-0.2, -0.15) is 5.01 Å². The van der Waals surface area contributed by atoms with Crippen LogP contribution in [0.1, 0.15) is 41.0 Å². The number of imide groups is 2. The maximum absolute atomic E-state index is 15.6. The predicted octanol–water partition coefficient (Wildman–Crippen LogP) is 9.86. The lowest BCUT2D eigenvalue weighted by molar-refractivity contribution is -0.138. The zero-order valence-corrected chi connectivity index (χ0v) is 38.6. The van der Waals surface area contributed by atoms with Crippen LogP contribution in [0.4, 0.5) is 11.4 Å². The van der Waals surface area contributed by atoms with Gasteiger partial charge < -0.3 is 24.1 Å². The summed E-state index contributed by atoms with van der Waals surface area (Å²) in [7, 11) is 6.15. The number of halogens is 3. The molecule has 2 aliphatic heterocycles. The Bertz CT molecular complexity index is 2830. The normalized spacial score (nSPS) is 23.6. The molecule has 5 aromatic carbocycles. The van der Waals surface area contributed by atoms with Crippen LogP contribution in [0.3, 0.4) is 0 Å². The highest BCUT2D eigenvalue weighted by Crippen LogP contribution is 2.65. The fourth-order valence-corrected chi connectivity index (χ4v) is 11.2. The number of nitrogens with zero attached hydrogens (tertiary/aromatic N) is 2. The Morgan fingerprint density at radius 2 is 1.46 bits per heavy atom. The largest absolute Gasteiger partial charge is 0.503 e. The Labute approximate surface area is 393 Å². The van der Waals surface area contributed by atoms with E-state index in [1.54, 1.807) is 74.9 Å². The van der Waals surface area contributed by atoms with Gasteiger partial charge in [0.15, 0.2) is 11.5 Å². The average molecular weight is 980 g/mol. The summed E-state index contributed by atoms with van der Waals surface area (Å²) in [6, 6.07) is 27.7. The van der Waals surface area contributed by atoms with Crippen LogP contribution in [0.25, 0.3) is 12.2 Å². The zero-order valence-electron chi connectivity index (χ0n) is 35.5. The maximum atomic E-state index is 15.6. The van der Waals surface area contributed by atoms with Crippen molar-refractivity contribution in [1.82, 2.24) is 5.01 Å². The molecule has 15 heteroatoms. The fraction of sp³-hybridized carbons (Fsp3) is 0.240. The Balaban J connectivity index is 1.14. The number of hydrazine groups is 1. The number of phenolic OH excluding ortho intramolecular Hbond substituents is 1. The van der Waals surface area contributed by atoms with E-state index in [1.807, 2.05) is 48.6 Å². The van der Waals surface area contributed by atoms with Crippen LogP contribution in [0.5, 0.6) is 28.7 Å². The van der Waals surface area contributed by atoms with Crippen molar-refractivity contribution in [3.8, 4) is 28.7 Å². The van der Waals surface area contributed by atoms with Crippen molar-refractivity contribution < 1.29 is 43.2 Å². The molecule has 0 spiro atoms. The summed E-state index contributed by atoms with van der Waals surface area (Å²) >= 11 is 16.3. The number of hydrogen-bond donors (Lipinski definition) is 2. The highest BCUT2D eigenvalue weighted by atomic mass is 79.9. The molecule has 2 saturated heterocycles. The van der Waals surface area contributed by atoms with Crippen LogP contribution in [-0.4, -0.2) is 62.2 Å². The molecule has 65 heavy (non-hydrogen) atoms. The second kappa shape index (κ2) is 17.3. The van der Waals surface area contributed by atoms with Gasteiger partial charge in [0.25, 0.3) is 11.8 Å². The first-order valence-electron chi connectivity index (χ1n) is 20.7. The summed E-state index contributed by atoms with van der Waals surface area (Å²) in [5, 5.41) is 12.6. The van der Waals surface area contributed by atoms with Crippen LogP contribution in [-0.2, 0) is 24.6 Å². The summed E-state index contributed by atoms with van der Waals surface area (Å²) in [6.45, 7) is 0. The first kappa shape index (κ1) is 43.9. The topological polar surface area (TPSA) is 144 Å². The predicted molar refractivity (Wildman–Crippen MR) is 250 cm³/mol. The molecule has 6 atom stereocenters. The van der Waals surface area contributed by atoms with Crippen molar-refractivity contribution in [3.05, 3.63) is 145 Å². The summed E-state index contributed by atoms with van der Waals surface area (Å²) in [5.41, 5.74) is 5.51. The lowest BCUT2D eigenvalue weighted by Crippen LogP contribution is -2.53. The Morgan fingerprint density at radius 3 is 2.14 bits per heavy atom. The van der Waals surface area contributed by atoms with E-state index in [4.69, 9.17) is 42.1 Å². The molecule has 9 rings (SSSR count). The molecule has 2 N–H and O–H groups in total. The SMILES string of the molecule is COc1ccc([C@@]23C(=O)N(Nc4ccc(Cl)cc4Cl)C(=O)[C@@H]2C[C@@H]2C(=CC[C@@H]4C(=O)N(c5ccc(C=Cc6cc(OC)ccc6OC)cc5)C(=O)[C@@H]42)[C@@H]3c2cc(Br)c(O)c(OC)c2)cc1. The second-order valence-electron chi connectivity index (χ2n) is 16.3. The van der Waals surface area contributed by atoms with Gasteiger partial charge in [0.05, 0.1) is 72.5 Å². The van der Waals surface area contributed by atoms with E-state index >= 15 is 9.59 Å². The Kier molecular flexibility index (Phi) is 11.7. The molecule has 2 heterocycles. The molecule has 0 radical (unpaired) electrons. The van der Waals surface area contributed by atoms with Gasteiger partial charge in [-0.25, -0.2) is 0 Å². The number of phenols is 1. The van der Waals surface area contributed by atoms with E-state index in [0.717, 1.165) is 21.7 Å². The maximum Gasteiger partial charge on any atom is 0.260 e. The van der Waals surface area contributed by atoms with Gasteiger partial charge in [-0.15, -0.1) is 0 Å². The number of ether oxygens (including phenoxy) is 4. The number of benzene rings is 5. The third-order valence-corrected chi connectivity index (χ3v) is 14.4. The molecule has 332 valence electrons. The highest BCUT2D eigenvalue weighted by molar-refractivity contribution is 9.10. The van der Waals surface area contributed by atoms with Gasteiger partial charge in [0.1, 0.15) is 17.2 Å². The van der Waals surface area contributed by atoms with Gasteiger partial charge in [-0.1, -0.05) is 71.3 Å². The van der Waals surface area contributed by atoms with Crippen molar-refractivity contribution in [2.75, 3.05) is 38.8 Å². The van der Waals surface area contributed by atoms with Crippen LogP contribution in [0.2, 0.25) is 10.0 Å². The van der Waals surface area contributed by atoms with E-state index in [0.29, 0.717) is 43.6 Å². The van der Waals surface area contributed by atoms with Gasteiger partial charge in [0, 0.05) is 16.5 Å². The number of nitrogens with one attached hydrogen (secondary N) is 1. The van der Waals surface area contributed by atoms with Crippen molar-refractivity contribution >= 4 is 86.3 Å². The first-order chi connectivity index (χ1) is 31.3. The molecular formula is C50H42BrCl2N3O9. The molecule has 3 fully saturated rings. The summed E-state index contributed by atoms with van der Waals surface area (Å²) in [5.74, 6) is -4.15. The molecule has 1 saturated carbocycles. The number of anilines is 2. The summed E-state index contributed by atoms with van der Waals surface area (Å²) < 4.78 is 22.4. The lowest BCUT2D eigenvalue weighted by atomic mass is 9.49. The van der Waals surface area contributed by atoms with Crippen LogP contribution in [0, 0.1) is 23.7 Å². The molecule has 0 unspecified atom stereocenters. The molecule has 12 nitrogen and oxygen atoms in total. The molecule has 0 aromatic heterocycles. The number of carbonyl (C=O) groups is 4. The molecule has 4 aliphatic rings. The number of hydrogen-bond acceptors (Lipinski definition) is 10. The smallest absolute Gasteiger partial charge is 0.260 e. The number of allylic oxidation sites excluding steroid dienone is 2. The van der Waals surface area contributed by atoms with E-state index in [-0.39, 0.29) is 46.9 Å². The number of fused-ring (bicyclic) bond motifs is 4. The third kappa shape index (κ3) is 7.20. The quantitative estimate of drug-likeness (QED) is 0.0746. The van der Waals surface area contributed by atoms with Crippen molar-refractivity contribution in [2.24, 2.45) is 23.7 Å². The molecule has 2 aliphatic carbocycles. The number of carbonyl (C=O) groups excluding carboxylic acids is 4. The standard InChI is InChI=1S/C50H42BrCl2N3O9/c1-62-32-14-9-29(10-15-32)50-37(47(59)56(49(50)61)54-40-19-11-30(52)24-39(40)53)25-36-34(44(50)28-22-38(51)45(57)42(23-28)65-4)17-18-35-43(36)48(60)55(46(35)58)31-12-6-26(7-13-31)5-8-27-21-33(63-2)16-20-41(27)64-3/h5-17,19-24,35-37,43-44,54,57H,18,25H2,1-4H3/t35-,36+,37-,43-,44-,50+/m0/s1. The summed E-state index contributed by atoms with van der Waals surface area (Å²) in [6.07, 6.45) is 6.03. The van der Waals surface area contributed by atoms with Gasteiger partial charge >= 0.3 is 0 Å². The zero-order chi connectivity index (χ0) is 45.9. The van der Waals surface area contributed by atoms with Crippen molar-refractivity contribution in [1.29, 1.82) is 0 Å². The lowest BCUT2D eigenvalue weighted by Gasteiger charge is -2.50. The minimum Gasteiger partial charge on any atom is -0.503 e. The van der Waals surface area contributed by atoms with Crippen molar-refractivity contribution in [2.45, 2.75) is 24.2 Å². The number of rotatable bonds is 11. The third-order valence-electron chi connectivity index (χ3n) is 13.2. The summed E-state index contributed by atoms with van der Waals surface area (Å²) in [4.78, 5) is 61.5. The van der Waals surface area contributed by atoms with Crippen LogP contribution < -0.4 is 29.3 Å². The minimum absolute atomic E-state index is 0.0628.